The Kier molecular flexibility index (Phi) is 3.93. The van der Waals surface area contributed by atoms with Crippen LogP contribution in [-0.2, 0) is 6.42 Å². The average molecular weight is 270 g/mol. The van der Waals surface area contributed by atoms with Crippen molar-refractivity contribution in [1.82, 2.24) is 9.97 Å². The van der Waals surface area contributed by atoms with Crippen LogP contribution in [0.2, 0.25) is 5.02 Å². The standard InChI is InChI=1S/C11H12ClN3OS/c1-16-10-5-7(14-6-15-10)4-9(13)11-8(12)2-3-17-11/h2-3,5-6,9H,4,13H2,1H3. The summed E-state index contributed by atoms with van der Waals surface area (Å²) in [5.41, 5.74) is 6.93. The van der Waals surface area contributed by atoms with E-state index in [1.165, 1.54) is 6.33 Å². The third-order valence-electron chi connectivity index (χ3n) is 2.32. The highest BCUT2D eigenvalue weighted by atomic mass is 35.5. The lowest BCUT2D eigenvalue weighted by Gasteiger charge is -2.10. The molecule has 0 aliphatic carbocycles. The summed E-state index contributed by atoms with van der Waals surface area (Å²) >= 11 is 7.59. The molecule has 1 atom stereocenters. The molecule has 2 aromatic rings. The molecule has 0 aliphatic rings. The molecule has 0 saturated carbocycles. The molecule has 17 heavy (non-hydrogen) atoms. The molecule has 0 fully saturated rings. The van der Waals surface area contributed by atoms with Gasteiger partial charge in [0.05, 0.1) is 12.1 Å². The lowest BCUT2D eigenvalue weighted by molar-refractivity contribution is 0.395. The Morgan fingerprint density at radius 1 is 1.53 bits per heavy atom. The molecule has 0 aliphatic heterocycles. The Morgan fingerprint density at radius 3 is 3.00 bits per heavy atom. The van der Waals surface area contributed by atoms with Crippen LogP contribution in [0.5, 0.6) is 5.88 Å². The summed E-state index contributed by atoms with van der Waals surface area (Å²) in [6, 6.07) is 3.48. The van der Waals surface area contributed by atoms with E-state index in [1.807, 2.05) is 11.4 Å². The maximum atomic E-state index is 6.09. The minimum absolute atomic E-state index is 0.151. The Bertz CT molecular complexity index is 503. The maximum absolute atomic E-state index is 6.09. The number of aromatic nitrogens is 2. The molecule has 2 heterocycles. The minimum Gasteiger partial charge on any atom is -0.481 e. The van der Waals surface area contributed by atoms with E-state index in [9.17, 15) is 0 Å². The van der Waals surface area contributed by atoms with Gasteiger partial charge in [0, 0.05) is 29.1 Å². The van der Waals surface area contributed by atoms with Gasteiger partial charge in [-0.1, -0.05) is 11.6 Å². The second-order valence-corrected chi connectivity index (χ2v) is 4.85. The van der Waals surface area contributed by atoms with E-state index in [0.29, 0.717) is 17.3 Å². The first-order chi connectivity index (χ1) is 8.20. The predicted molar refractivity (Wildman–Crippen MR) is 68.5 cm³/mol. The second kappa shape index (κ2) is 5.44. The highest BCUT2D eigenvalue weighted by Crippen LogP contribution is 2.29. The molecule has 4 nitrogen and oxygen atoms in total. The molecule has 0 saturated heterocycles. The van der Waals surface area contributed by atoms with Crippen molar-refractivity contribution in [1.29, 1.82) is 0 Å². The summed E-state index contributed by atoms with van der Waals surface area (Å²) in [6.07, 6.45) is 2.08. The third kappa shape index (κ3) is 2.94. The van der Waals surface area contributed by atoms with E-state index >= 15 is 0 Å². The number of nitrogens with two attached hydrogens (primary N) is 1. The highest BCUT2D eigenvalue weighted by molar-refractivity contribution is 7.10. The fraction of sp³-hybridized carbons (Fsp3) is 0.273. The molecule has 2 aromatic heterocycles. The fourth-order valence-electron chi connectivity index (χ4n) is 1.49. The average Bonchev–Trinajstić information content (AvgIpc) is 2.76. The van der Waals surface area contributed by atoms with Gasteiger partial charge in [-0.2, -0.15) is 0 Å². The smallest absolute Gasteiger partial charge is 0.216 e. The van der Waals surface area contributed by atoms with E-state index in [4.69, 9.17) is 22.1 Å². The summed E-state index contributed by atoms with van der Waals surface area (Å²) in [5.74, 6) is 0.541. The van der Waals surface area contributed by atoms with E-state index in [1.54, 1.807) is 24.5 Å². The van der Waals surface area contributed by atoms with Crippen LogP contribution < -0.4 is 10.5 Å². The van der Waals surface area contributed by atoms with Crippen molar-refractivity contribution in [2.45, 2.75) is 12.5 Å². The first kappa shape index (κ1) is 12.3. The lowest BCUT2D eigenvalue weighted by atomic mass is 10.1. The topological polar surface area (TPSA) is 61.0 Å². The largest absolute Gasteiger partial charge is 0.481 e. The maximum Gasteiger partial charge on any atom is 0.216 e. The lowest BCUT2D eigenvalue weighted by Crippen LogP contribution is -2.13. The third-order valence-corrected chi connectivity index (χ3v) is 3.81. The van der Waals surface area contributed by atoms with Crippen LogP contribution in [0, 0.1) is 0 Å². The molecule has 0 amide bonds. The number of methoxy groups -OCH3 is 1. The van der Waals surface area contributed by atoms with E-state index in [-0.39, 0.29) is 6.04 Å². The predicted octanol–water partition coefficient (Wildman–Crippen LogP) is 2.44. The zero-order chi connectivity index (χ0) is 12.3. The number of rotatable bonds is 4. The number of halogens is 1. The Labute approximate surface area is 108 Å². The van der Waals surface area contributed by atoms with Crippen molar-refractivity contribution in [3.63, 3.8) is 0 Å². The number of thiophene rings is 1. The molecule has 1 unspecified atom stereocenters. The fourth-order valence-corrected chi connectivity index (χ4v) is 2.69. The first-order valence-corrected chi connectivity index (χ1v) is 6.30. The number of hydrogen-bond donors (Lipinski definition) is 1. The quantitative estimate of drug-likeness (QED) is 0.926. The van der Waals surface area contributed by atoms with E-state index < -0.39 is 0 Å². The van der Waals surface area contributed by atoms with Crippen LogP contribution in [0.15, 0.2) is 23.8 Å². The van der Waals surface area contributed by atoms with Crippen molar-refractivity contribution in [2.75, 3.05) is 7.11 Å². The van der Waals surface area contributed by atoms with Crippen LogP contribution in [0.4, 0.5) is 0 Å². The van der Waals surface area contributed by atoms with Crippen molar-refractivity contribution >= 4 is 22.9 Å². The van der Waals surface area contributed by atoms with Crippen molar-refractivity contribution in [3.8, 4) is 5.88 Å². The van der Waals surface area contributed by atoms with Crippen molar-refractivity contribution < 1.29 is 4.74 Å². The van der Waals surface area contributed by atoms with Crippen LogP contribution >= 0.6 is 22.9 Å². The molecule has 6 heteroatoms. The summed E-state index contributed by atoms with van der Waals surface area (Å²) in [6.45, 7) is 0. The molecule has 0 radical (unpaired) electrons. The van der Waals surface area contributed by atoms with Gasteiger partial charge in [-0.05, 0) is 11.4 Å². The molecule has 90 valence electrons. The van der Waals surface area contributed by atoms with Gasteiger partial charge in [0.25, 0.3) is 0 Å². The van der Waals surface area contributed by atoms with Crippen molar-refractivity contribution in [2.24, 2.45) is 5.73 Å². The second-order valence-electron chi connectivity index (χ2n) is 3.50. The van der Waals surface area contributed by atoms with E-state index in [2.05, 4.69) is 9.97 Å². The van der Waals surface area contributed by atoms with E-state index in [0.717, 1.165) is 10.6 Å². The molecule has 2 rings (SSSR count). The SMILES string of the molecule is COc1cc(CC(N)c2sccc2Cl)ncn1. The molecular formula is C11H12ClN3OS. The van der Waals surface area contributed by atoms with Gasteiger partial charge in [0.1, 0.15) is 6.33 Å². The molecule has 0 aromatic carbocycles. The van der Waals surface area contributed by atoms with Gasteiger partial charge in [-0.15, -0.1) is 11.3 Å². The highest BCUT2D eigenvalue weighted by Gasteiger charge is 2.13. The zero-order valence-corrected chi connectivity index (χ0v) is 10.8. The monoisotopic (exact) mass is 269 g/mol. The number of hydrogen-bond acceptors (Lipinski definition) is 5. The van der Waals surface area contributed by atoms with Gasteiger partial charge < -0.3 is 10.5 Å². The number of ether oxygens (including phenoxy) is 1. The van der Waals surface area contributed by atoms with Gasteiger partial charge >= 0.3 is 0 Å². The molecule has 2 N–H and O–H groups in total. The van der Waals surface area contributed by atoms with Crippen molar-refractivity contribution in [3.05, 3.63) is 39.4 Å². The Balaban J connectivity index is 2.13. The summed E-state index contributed by atoms with van der Waals surface area (Å²) < 4.78 is 5.04. The first-order valence-electron chi connectivity index (χ1n) is 5.04. The molecular weight excluding hydrogens is 258 g/mol. The number of nitrogens with zero attached hydrogens (tertiary/aromatic N) is 2. The minimum atomic E-state index is -0.151. The van der Waals surface area contributed by atoms with Crippen LogP contribution in [0.1, 0.15) is 16.6 Å². The van der Waals surface area contributed by atoms with Crippen LogP contribution in [-0.4, -0.2) is 17.1 Å². The zero-order valence-electron chi connectivity index (χ0n) is 9.26. The molecule has 0 spiro atoms. The summed E-state index contributed by atoms with van der Waals surface area (Å²) in [5, 5.41) is 2.64. The Morgan fingerprint density at radius 2 is 2.35 bits per heavy atom. The molecule has 0 bridgehead atoms. The Hall–Kier alpha value is -1.17. The summed E-state index contributed by atoms with van der Waals surface area (Å²) in [4.78, 5) is 9.08. The van der Waals surface area contributed by atoms with Gasteiger partial charge in [0.2, 0.25) is 5.88 Å². The summed E-state index contributed by atoms with van der Waals surface area (Å²) in [7, 11) is 1.57. The van der Waals surface area contributed by atoms with Gasteiger partial charge in [-0.25, -0.2) is 9.97 Å². The van der Waals surface area contributed by atoms with Gasteiger partial charge in [0.15, 0.2) is 0 Å². The van der Waals surface area contributed by atoms with Gasteiger partial charge in [-0.3, -0.25) is 0 Å². The van der Waals surface area contributed by atoms with Crippen LogP contribution in [0.3, 0.4) is 0 Å². The normalized spacial score (nSPS) is 12.4. The van der Waals surface area contributed by atoms with Crippen LogP contribution in [0.25, 0.3) is 0 Å².